The lowest BCUT2D eigenvalue weighted by Gasteiger charge is -2.42. The number of nitrogens with zero attached hydrogens (tertiary/aromatic N) is 3. The summed E-state index contributed by atoms with van der Waals surface area (Å²) < 4.78 is 13.8. The Morgan fingerprint density at radius 1 is 0.263 bits per heavy atom. The van der Waals surface area contributed by atoms with Gasteiger partial charge in [-0.25, -0.2) is 0 Å². The second-order valence-electron chi connectivity index (χ2n) is 21.1. The minimum atomic E-state index is -0.0205. The maximum Gasteiger partial charge on any atom is 0.260 e. The summed E-state index contributed by atoms with van der Waals surface area (Å²) in [7, 11) is 0. The topological polar surface area (TPSA) is 28.2 Å². The van der Waals surface area contributed by atoms with Gasteiger partial charge in [0.15, 0.2) is 0 Å². The molecule has 0 bridgehead atoms. The Morgan fingerprint density at radius 2 is 0.711 bits per heavy atom. The average Bonchev–Trinajstić information content (AvgIpc) is 3.48. The third-order valence-electron chi connectivity index (χ3n) is 17.0. The maximum atomic E-state index is 6.92. The van der Waals surface area contributed by atoms with Gasteiger partial charge in [-0.15, -0.1) is 0 Å². The van der Waals surface area contributed by atoms with Crippen LogP contribution < -0.4 is 57.0 Å². The normalized spacial score (nSPS) is 14.2. The van der Waals surface area contributed by atoms with Gasteiger partial charge in [0.25, 0.3) is 6.71 Å². The fraction of sp³-hybridized carbons (Fsp3) is 0.0435. The van der Waals surface area contributed by atoms with Crippen molar-refractivity contribution in [1.29, 1.82) is 0 Å². The third-order valence-corrected chi connectivity index (χ3v) is 17.0. The van der Waals surface area contributed by atoms with Gasteiger partial charge in [-0.3, -0.25) is 0 Å². The van der Waals surface area contributed by atoms with Gasteiger partial charge < -0.3 is 24.2 Å². The Bertz CT molecular complexity index is 4120. The quantitative estimate of drug-likeness (QED) is 0.164. The minimum Gasteiger partial charge on any atom is -0.458 e. The third kappa shape index (κ3) is 6.11. The second-order valence-corrected chi connectivity index (χ2v) is 21.1. The number of hydrogen-bond acceptors (Lipinski definition) is 5. The van der Waals surface area contributed by atoms with Crippen molar-refractivity contribution in [1.82, 2.24) is 0 Å². The highest BCUT2D eigenvalue weighted by Crippen LogP contribution is 2.49. The molecule has 5 nitrogen and oxygen atoms in total. The van der Waals surface area contributed by atoms with Gasteiger partial charge in [0, 0.05) is 69.5 Å². The van der Waals surface area contributed by atoms with E-state index in [0.29, 0.717) is 0 Å². The van der Waals surface area contributed by atoms with Gasteiger partial charge in [-0.1, -0.05) is 151 Å². The molecule has 0 atom stereocenters. The zero-order chi connectivity index (χ0) is 49.6. The Balaban J connectivity index is 0.900. The van der Waals surface area contributed by atoms with E-state index in [4.69, 9.17) is 9.47 Å². The van der Waals surface area contributed by atoms with Crippen LogP contribution >= 0.6 is 0 Å². The molecule has 17 rings (SSSR count). The molecule has 0 saturated heterocycles. The van der Waals surface area contributed by atoms with Crippen LogP contribution in [0.5, 0.6) is 23.0 Å². The molecule has 11 aromatic carbocycles. The lowest BCUT2D eigenvalue weighted by atomic mass is 9.32. The monoisotopic (exact) mass is 969 g/mol. The molecular formula is C69H45B2N3O2. The highest BCUT2D eigenvalue weighted by Gasteiger charge is 2.44. The van der Waals surface area contributed by atoms with Crippen LogP contribution in [0.25, 0.3) is 11.1 Å². The van der Waals surface area contributed by atoms with Gasteiger partial charge in [0.1, 0.15) is 23.0 Å². The zero-order valence-corrected chi connectivity index (χ0v) is 41.5. The van der Waals surface area contributed by atoms with Crippen LogP contribution in [0.3, 0.4) is 0 Å². The van der Waals surface area contributed by atoms with Crippen LogP contribution in [0.15, 0.2) is 237 Å². The summed E-state index contributed by atoms with van der Waals surface area (Å²) in [5.74, 6) is 3.44. The Labute approximate surface area is 442 Å². The van der Waals surface area contributed by atoms with Gasteiger partial charge in [0.2, 0.25) is 6.71 Å². The molecule has 6 aliphatic rings. The van der Waals surface area contributed by atoms with Crippen molar-refractivity contribution in [2.45, 2.75) is 19.3 Å². The molecule has 11 aromatic rings. The van der Waals surface area contributed by atoms with E-state index in [9.17, 15) is 0 Å². The van der Waals surface area contributed by atoms with E-state index < -0.39 is 0 Å². The summed E-state index contributed by atoms with van der Waals surface area (Å²) in [6, 6.07) is 87.6. The van der Waals surface area contributed by atoms with E-state index in [1.54, 1.807) is 0 Å². The van der Waals surface area contributed by atoms with Gasteiger partial charge in [-0.2, -0.15) is 0 Å². The SMILES string of the molecule is c1ccc(N2c3cc(N4c5ccccc5Cc5ccccc54)ccc3B3c4ccc(N5c6ccccc6Cc6ccccc65)cc4Cc4cc(-c5cc6c7c(c5)Oc5ccccc5B7c5ccccc5O6)cc2c43)cc1. The zero-order valence-electron chi connectivity index (χ0n) is 41.5. The molecule has 0 aromatic heterocycles. The van der Waals surface area contributed by atoms with Crippen molar-refractivity contribution in [2.24, 2.45) is 0 Å². The van der Waals surface area contributed by atoms with E-state index >= 15 is 0 Å². The van der Waals surface area contributed by atoms with E-state index in [1.165, 1.54) is 89.6 Å². The number of benzene rings is 11. The first-order valence-electron chi connectivity index (χ1n) is 26.6. The lowest BCUT2D eigenvalue weighted by Crippen LogP contribution is -2.61. The predicted octanol–water partition coefficient (Wildman–Crippen LogP) is 13.0. The molecule has 6 heterocycles. The predicted molar refractivity (Wildman–Crippen MR) is 313 cm³/mol. The molecule has 0 aliphatic carbocycles. The van der Waals surface area contributed by atoms with Crippen molar-refractivity contribution in [3.8, 4) is 34.1 Å². The smallest absolute Gasteiger partial charge is 0.260 e. The Kier molecular flexibility index (Phi) is 8.85. The van der Waals surface area contributed by atoms with E-state index in [0.717, 1.165) is 81.2 Å². The molecule has 0 spiro atoms. The van der Waals surface area contributed by atoms with Crippen LogP contribution in [0, 0.1) is 0 Å². The fourth-order valence-electron chi connectivity index (χ4n) is 13.8. The number of fused-ring (bicyclic) bond motifs is 12. The van der Waals surface area contributed by atoms with Crippen LogP contribution in [-0.2, 0) is 19.3 Å². The van der Waals surface area contributed by atoms with Crippen LogP contribution in [0.1, 0.15) is 33.4 Å². The number of hydrogen-bond donors (Lipinski definition) is 0. The maximum absolute atomic E-state index is 6.92. The van der Waals surface area contributed by atoms with Crippen molar-refractivity contribution < 1.29 is 9.47 Å². The summed E-state index contributed by atoms with van der Waals surface area (Å²) in [6.07, 6.45) is 2.59. The number of rotatable bonds is 4. The van der Waals surface area contributed by atoms with E-state index in [1.807, 2.05) is 0 Å². The Morgan fingerprint density at radius 3 is 1.29 bits per heavy atom. The number of ether oxygens (including phenoxy) is 2. The molecule has 0 N–H and O–H groups in total. The first kappa shape index (κ1) is 42.0. The van der Waals surface area contributed by atoms with Crippen molar-refractivity contribution in [3.05, 3.63) is 270 Å². The molecule has 0 saturated carbocycles. The van der Waals surface area contributed by atoms with Gasteiger partial charge in [-0.05, 0) is 164 Å². The van der Waals surface area contributed by atoms with Crippen LogP contribution in [-0.4, -0.2) is 13.4 Å². The van der Waals surface area contributed by atoms with E-state index in [2.05, 4.69) is 251 Å². The summed E-state index contributed by atoms with van der Waals surface area (Å²) in [5.41, 5.74) is 28.2. The van der Waals surface area contributed by atoms with Gasteiger partial charge >= 0.3 is 0 Å². The Hall–Kier alpha value is -9.45. The van der Waals surface area contributed by atoms with Crippen molar-refractivity contribution >= 4 is 97.4 Å². The summed E-state index contributed by atoms with van der Waals surface area (Å²) in [5, 5.41) is 0. The standard InChI is InChI=1S/C69H45B2N3O2/c1-2-20-51(21-3-1)72-62-42-53(74-60-26-12-6-18-45(60)35-46-19-7-13-27-61(46)74)31-33-55(62)70-54-32-30-52(73-58-24-10-4-16-43(58)34-44-17-5-11-25-59(44)73)38-49(54)37-50-36-47(39-63(72)68(50)70)48-40-66-69-67(41-48)76-65-29-15-9-23-57(65)71(69)56-22-8-14-28-64(56)75-66/h1-33,36,38-42H,34-35,37H2. The van der Waals surface area contributed by atoms with Crippen molar-refractivity contribution in [3.63, 3.8) is 0 Å². The van der Waals surface area contributed by atoms with Crippen molar-refractivity contribution in [2.75, 3.05) is 14.7 Å². The first-order chi connectivity index (χ1) is 37.7. The molecule has 0 unspecified atom stereocenters. The highest BCUT2D eigenvalue weighted by molar-refractivity contribution is 6.99. The number of anilines is 9. The molecule has 0 amide bonds. The molecular weight excluding hydrogens is 924 g/mol. The minimum absolute atomic E-state index is 0.00188. The number of para-hydroxylation sites is 7. The fourth-order valence-corrected chi connectivity index (χ4v) is 13.8. The molecule has 76 heavy (non-hydrogen) atoms. The largest absolute Gasteiger partial charge is 0.458 e. The van der Waals surface area contributed by atoms with Gasteiger partial charge in [0.05, 0.1) is 0 Å². The molecule has 354 valence electrons. The van der Waals surface area contributed by atoms with Crippen LogP contribution in [0.4, 0.5) is 51.2 Å². The average molecular weight is 970 g/mol. The van der Waals surface area contributed by atoms with E-state index in [-0.39, 0.29) is 13.4 Å². The summed E-state index contributed by atoms with van der Waals surface area (Å²) in [6.45, 7) is -0.0186. The molecule has 7 heteroatoms. The molecule has 6 aliphatic heterocycles. The first-order valence-corrected chi connectivity index (χ1v) is 26.6. The molecule has 0 fully saturated rings. The summed E-state index contributed by atoms with van der Waals surface area (Å²) in [4.78, 5) is 7.51. The highest BCUT2D eigenvalue weighted by atomic mass is 16.5. The molecule has 0 radical (unpaired) electrons. The second kappa shape index (κ2) is 16.0. The van der Waals surface area contributed by atoms with Crippen LogP contribution in [0.2, 0.25) is 0 Å². The summed E-state index contributed by atoms with van der Waals surface area (Å²) >= 11 is 0. The lowest BCUT2D eigenvalue weighted by molar-refractivity contribution is 0.465.